The fourth-order valence-corrected chi connectivity index (χ4v) is 3.88. The molecule has 1 saturated heterocycles. The van der Waals surface area contributed by atoms with E-state index in [-0.39, 0.29) is 11.3 Å². The van der Waals surface area contributed by atoms with E-state index in [1.54, 1.807) is 11.3 Å². The smallest absolute Gasteiger partial charge is 0.0701 e. The van der Waals surface area contributed by atoms with Crippen LogP contribution < -0.4 is 0 Å². The van der Waals surface area contributed by atoms with E-state index < -0.39 is 0 Å². The van der Waals surface area contributed by atoms with Crippen molar-refractivity contribution in [2.75, 3.05) is 13.2 Å². The van der Waals surface area contributed by atoms with Crippen LogP contribution in [0.3, 0.4) is 0 Å². The molecule has 0 saturated carbocycles. The summed E-state index contributed by atoms with van der Waals surface area (Å²) >= 11 is 5.20. The van der Waals surface area contributed by atoms with E-state index in [4.69, 9.17) is 4.74 Å². The molecule has 0 radical (unpaired) electrons. The minimum Gasteiger partial charge on any atom is -0.379 e. The van der Waals surface area contributed by atoms with Crippen molar-refractivity contribution >= 4 is 27.3 Å². The predicted octanol–water partition coefficient (Wildman–Crippen LogP) is 3.57. The lowest BCUT2D eigenvalue weighted by Crippen LogP contribution is -2.53. The number of nitrogens with zero attached hydrogens (tertiary/aromatic N) is 1. The summed E-state index contributed by atoms with van der Waals surface area (Å²) in [5.74, 6) is 0.390. The van der Waals surface area contributed by atoms with Gasteiger partial charge in [-0.05, 0) is 34.0 Å². The van der Waals surface area contributed by atoms with Crippen LogP contribution in [-0.2, 0) is 10.2 Å². The van der Waals surface area contributed by atoms with E-state index in [1.165, 1.54) is 4.88 Å². The summed E-state index contributed by atoms with van der Waals surface area (Å²) in [6, 6.07) is 6.63. The molecule has 1 aromatic heterocycles. The van der Waals surface area contributed by atoms with Crippen molar-refractivity contribution in [2.45, 2.75) is 19.3 Å². The molecule has 2 rings (SSSR count). The van der Waals surface area contributed by atoms with E-state index in [9.17, 15) is 5.26 Å². The van der Waals surface area contributed by atoms with Crippen LogP contribution in [0, 0.1) is 23.2 Å². The van der Waals surface area contributed by atoms with Crippen molar-refractivity contribution in [3.63, 3.8) is 0 Å². The molecule has 86 valence electrons. The number of ether oxygens (including phenoxy) is 1. The fourth-order valence-electron chi connectivity index (χ4n) is 2.29. The normalized spacial score (nSPS) is 20.2. The topological polar surface area (TPSA) is 33.0 Å². The molecule has 16 heavy (non-hydrogen) atoms. The zero-order chi connectivity index (χ0) is 11.8. The van der Waals surface area contributed by atoms with Gasteiger partial charge < -0.3 is 4.74 Å². The second kappa shape index (κ2) is 4.48. The number of halogens is 1. The van der Waals surface area contributed by atoms with Crippen molar-refractivity contribution in [3.8, 4) is 6.07 Å². The predicted molar refractivity (Wildman–Crippen MR) is 68.5 cm³/mol. The Morgan fingerprint density at radius 3 is 2.50 bits per heavy atom. The van der Waals surface area contributed by atoms with Crippen molar-refractivity contribution in [3.05, 3.63) is 20.8 Å². The van der Waals surface area contributed by atoms with E-state index in [0.29, 0.717) is 19.1 Å². The van der Waals surface area contributed by atoms with Gasteiger partial charge in [0.05, 0.1) is 34.4 Å². The van der Waals surface area contributed by atoms with Gasteiger partial charge in [-0.2, -0.15) is 5.26 Å². The maximum atomic E-state index is 9.35. The molecule has 0 bridgehead atoms. The van der Waals surface area contributed by atoms with E-state index in [1.807, 2.05) is 0 Å². The van der Waals surface area contributed by atoms with E-state index in [0.717, 1.165) is 3.79 Å². The van der Waals surface area contributed by atoms with Gasteiger partial charge in [-0.1, -0.05) is 13.8 Å². The zero-order valence-corrected chi connectivity index (χ0v) is 11.8. The van der Waals surface area contributed by atoms with Crippen molar-refractivity contribution < 1.29 is 4.74 Å². The van der Waals surface area contributed by atoms with Crippen LogP contribution in [0.5, 0.6) is 0 Å². The van der Waals surface area contributed by atoms with Crippen LogP contribution in [0.15, 0.2) is 15.9 Å². The van der Waals surface area contributed by atoms with Gasteiger partial charge in [0.2, 0.25) is 0 Å². The highest BCUT2D eigenvalue weighted by Gasteiger charge is 2.49. The molecule has 1 aromatic rings. The lowest BCUT2D eigenvalue weighted by Gasteiger charge is -2.45. The Morgan fingerprint density at radius 2 is 2.19 bits per heavy atom. The molecule has 1 atom stereocenters. The second-order valence-corrected chi connectivity index (χ2v) is 7.07. The summed E-state index contributed by atoms with van der Waals surface area (Å²) < 4.78 is 6.49. The van der Waals surface area contributed by atoms with Gasteiger partial charge in [0, 0.05) is 4.88 Å². The van der Waals surface area contributed by atoms with Crippen LogP contribution in [0.2, 0.25) is 0 Å². The van der Waals surface area contributed by atoms with Gasteiger partial charge >= 0.3 is 0 Å². The monoisotopic (exact) mass is 299 g/mol. The molecule has 1 fully saturated rings. The number of hydrogen-bond acceptors (Lipinski definition) is 3. The third-order valence-electron chi connectivity index (χ3n) is 3.18. The van der Waals surface area contributed by atoms with Crippen molar-refractivity contribution in [2.24, 2.45) is 11.8 Å². The highest BCUT2D eigenvalue weighted by atomic mass is 79.9. The van der Waals surface area contributed by atoms with Crippen LogP contribution in [-0.4, -0.2) is 13.2 Å². The van der Waals surface area contributed by atoms with Crippen LogP contribution in [0.1, 0.15) is 18.7 Å². The second-order valence-electron chi connectivity index (χ2n) is 4.60. The maximum Gasteiger partial charge on any atom is 0.0701 e. The Bertz CT molecular complexity index is 417. The first-order valence-electron chi connectivity index (χ1n) is 5.33. The lowest BCUT2D eigenvalue weighted by atomic mass is 9.68. The zero-order valence-electron chi connectivity index (χ0n) is 9.37. The highest BCUT2D eigenvalue weighted by Crippen LogP contribution is 2.45. The molecule has 1 aliphatic heterocycles. The first-order chi connectivity index (χ1) is 7.60. The van der Waals surface area contributed by atoms with Crippen molar-refractivity contribution in [1.82, 2.24) is 0 Å². The third kappa shape index (κ3) is 1.81. The molecule has 0 aliphatic carbocycles. The number of nitriles is 1. The first kappa shape index (κ1) is 12.1. The van der Waals surface area contributed by atoms with Gasteiger partial charge in [-0.25, -0.2) is 0 Å². The Labute approximate surface area is 108 Å². The molecule has 0 spiro atoms. The summed E-state index contributed by atoms with van der Waals surface area (Å²) in [5.41, 5.74) is -0.0698. The summed E-state index contributed by atoms with van der Waals surface area (Å²) in [6.45, 7) is 5.57. The number of rotatable bonds is 3. The Hall–Kier alpha value is -0.370. The minimum atomic E-state index is -0.0698. The molecule has 2 nitrogen and oxygen atoms in total. The molecular formula is C12H14BrNOS. The summed E-state index contributed by atoms with van der Waals surface area (Å²) in [7, 11) is 0. The Morgan fingerprint density at radius 1 is 1.50 bits per heavy atom. The van der Waals surface area contributed by atoms with E-state index >= 15 is 0 Å². The van der Waals surface area contributed by atoms with Gasteiger partial charge in [-0.15, -0.1) is 11.3 Å². The standard InChI is InChI=1S/C12H14BrNOS/c1-8(2)9(5-14)12(6-15-7-12)10-3-4-11(13)16-10/h3-4,8-9H,6-7H2,1-2H3. The quantitative estimate of drug-likeness (QED) is 0.855. The molecular weight excluding hydrogens is 286 g/mol. The average molecular weight is 300 g/mol. The minimum absolute atomic E-state index is 0.0341. The fraction of sp³-hybridized carbons (Fsp3) is 0.583. The SMILES string of the molecule is CC(C)C(C#N)C1(c2ccc(Br)s2)COC1. The largest absolute Gasteiger partial charge is 0.379 e. The molecule has 0 amide bonds. The first-order valence-corrected chi connectivity index (χ1v) is 6.94. The molecule has 1 unspecified atom stereocenters. The number of thiophene rings is 1. The molecule has 1 aliphatic rings. The molecule has 0 N–H and O–H groups in total. The van der Waals surface area contributed by atoms with Crippen LogP contribution in [0.25, 0.3) is 0 Å². The van der Waals surface area contributed by atoms with Gasteiger partial charge in [0.15, 0.2) is 0 Å². The lowest BCUT2D eigenvalue weighted by molar-refractivity contribution is -0.0857. The molecule has 2 heterocycles. The maximum absolute atomic E-state index is 9.35. The van der Waals surface area contributed by atoms with Gasteiger partial charge in [0.25, 0.3) is 0 Å². The van der Waals surface area contributed by atoms with Gasteiger partial charge in [-0.3, -0.25) is 0 Å². The average Bonchev–Trinajstić information content (AvgIpc) is 2.57. The Kier molecular flexibility index (Phi) is 3.39. The Balaban J connectivity index is 2.36. The summed E-state index contributed by atoms with van der Waals surface area (Å²) in [4.78, 5) is 1.27. The molecule has 0 aromatic carbocycles. The highest BCUT2D eigenvalue weighted by molar-refractivity contribution is 9.11. The van der Waals surface area contributed by atoms with E-state index in [2.05, 4.69) is 48.0 Å². The third-order valence-corrected chi connectivity index (χ3v) is 5.03. The van der Waals surface area contributed by atoms with Gasteiger partial charge in [0.1, 0.15) is 0 Å². The number of hydrogen-bond donors (Lipinski definition) is 0. The summed E-state index contributed by atoms with van der Waals surface area (Å²) in [6.07, 6.45) is 0. The summed E-state index contributed by atoms with van der Waals surface area (Å²) in [5, 5.41) is 9.35. The molecule has 4 heteroatoms. The van der Waals surface area contributed by atoms with Crippen LogP contribution in [0.4, 0.5) is 0 Å². The van der Waals surface area contributed by atoms with Crippen LogP contribution >= 0.6 is 27.3 Å². The van der Waals surface area contributed by atoms with Crippen molar-refractivity contribution in [1.29, 1.82) is 5.26 Å².